The van der Waals surface area contributed by atoms with E-state index in [0.717, 1.165) is 15.6 Å². The second kappa shape index (κ2) is 5.81. The topological polar surface area (TPSA) is 55.6 Å². The SMILES string of the molecule is COCC(C)N(C)C(=O)c1sc2ccc(C)cc2c1N. The van der Waals surface area contributed by atoms with Gasteiger partial charge in [0.05, 0.1) is 18.3 Å². The zero-order valence-electron chi connectivity index (χ0n) is 12.3. The normalized spacial score (nSPS) is 12.6. The van der Waals surface area contributed by atoms with Crippen molar-refractivity contribution in [1.29, 1.82) is 0 Å². The second-order valence-electron chi connectivity index (χ2n) is 5.06. The van der Waals surface area contributed by atoms with Crippen LogP contribution >= 0.6 is 11.3 Å². The highest BCUT2D eigenvalue weighted by atomic mass is 32.1. The van der Waals surface area contributed by atoms with E-state index < -0.39 is 0 Å². The summed E-state index contributed by atoms with van der Waals surface area (Å²) in [7, 11) is 3.41. The fourth-order valence-electron chi connectivity index (χ4n) is 2.10. The number of nitrogens with two attached hydrogens (primary N) is 1. The molecule has 2 rings (SSSR count). The average molecular weight is 292 g/mol. The number of hydrogen-bond donors (Lipinski definition) is 1. The Morgan fingerprint density at radius 1 is 1.50 bits per heavy atom. The summed E-state index contributed by atoms with van der Waals surface area (Å²) in [5.41, 5.74) is 7.87. The van der Waals surface area contributed by atoms with Gasteiger partial charge in [-0.25, -0.2) is 0 Å². The minimum absolute atomic E-state index is 0.0128. The Hall–Kier alpha value is -1.59. The summed E-state index contributed by atoms with van der Waals surface area (Å²) in [6.07, 6.45) is 0. The molecule has 0 aliphatic heterocycles. The molecule has 5 heteroatoms. The predicted molar refractivity (Wildman–Crippen MR) is 84.4 cm³/mol. The largest absolute Gasteiger partial charge is 0.397 e. The molecule has 0 aliphatic rings. The zero-order chi connectivity index (χ0) is 14.9. The maximum atomic E-state index is 12.5. The van der Waals surface area contributed by atoms with E-state index in [9.17, 15) is 4.79 Å². The quantitative estimate of drug-likeness (QED) is 0.942. The molecule has 0 saturated heterocycles. The molecule has 4 nitrogen and oxygen atoms in total. The number of carbonyl (C=O) groups excluding carboxylic acids is 1. The third-order valence-electron chi connectivity index (χ3n) is 3.47. The number of hydrogen-bond acceptors (Lipinski definition) is 4. The number of benzene rings is 1. The summed E-state index contributed by atoms with van der Waals surface area (Å²) in [4.78, 5) is 14.8. The van der Waals surface area contributed by atoms with Gasteiger partial charge in [0.15, 0.2) is 0 Å². The van der Waals surface area contributed by atoms with Gasteiger partial charge in [-0.05, 0) is 26.0 Å². The highest BCUT2D eigenvalue weighted by Crippen LogP contribution is 2.35. The average Bonchev–Trinajstić information content (AvgIpc) is 2.74. The van der Waals surface area contributed by atoms with Gasteiger partial charge in [0.2, 0.25) is 0 Å². The highest BCUT2D eigenvalue weighted by Gasteiger charge is 2.22. The Morgan fingerprint density at radius 2 is 2.20 bits per heavy atom. The Balaban J connectivity index is 2.37. The number of anilines is 1. The molecule has 20 heavy (non-hydrogen) atoms. The smallest absolute Gasteiger partial charge is 0.266 e. The summed E-state index contributed by atoms with van der Waals surface area (Å²) < 4.78 is 6.14. The fraction of sp³-hybridized carbons (Fsp3) is 0.400. The zero-order valence-corrected chi connectivity index (χ0v) is 13.1. The molecule has 0 aliphatic carbocycles. The number of aryl methyl sites for hydroxylation is 1. The van der Waals surface area contributed by atoms with Crippen LogP contribution in [0.5, 0.6) is 0 Å². The number of likely N-dealkylation sites (N-methyl/N-ethyl adjacent to an activating group) is 1. The predicted octanol–water partition coefficient (Wildman–Crippen LogP) is 2.90. The number of nitrogen functional groups attached to an aromatic ring is 1. The lowest BCUT2D eigenvalue weighted by Gasteiger charge is -2.23. The number of ether oxygens (including phenoxy) is 1. The number of carbonyl (C=O) groups is 1. The fourth-order valence-corrected chi connectivity index (χ4v) is 3.19. The summed E-state index contributed by atoms with van der Waals surface area (Å²) in [6, 6.07) is 6.08. The molecule has 0 spiro atoms. The number of fused-ring (bicyclic) bond motifs is 1. The maximum Gasteiger partial charge on any atom is 0.266 e. The van der Waals surface area contributed by atoms with Crippen molar-refractivity contribution in [1.82, 2.24) is 4.90 Å². The van der Waals surface area contributed by atoms with E-state index in [0.29, 0.717) is 17.2 Å². The summed E-state index contributed by atoms with van der Waals surface area (Å²) >= 11 is 1.45. The Bertz CT molecular complexity index is 636. The molecule has 108 valence electrons. The standard InChI is InChI=1S/C15H20N2O2S/c1-9-5-6-12-11(7-9)13(16)14(20-12)15(18)17(3)10(2)8-19-4/h5-7,10H,8,16H2,1-4H3. The van der Waals surface area contributed by atoms with E-state index in [1.54, 1.807) is 19.1 Å². The molecule has 1 atom stereocenters. The van der Waals surface area contributed by atoms with Crippen molar-refractivity contribution in [2.24, 2.45) is 0 Å². The number of amides is 1. The second-order valence-corrected chi connectivity index (χ2v) is 6.12. The molecule has 0 saturated carbocycles. The molecule has 2 aromatic rings. The van der Waals surface area contributed by atoms with Crippen molar-refractivity contribution in [2.75, 3.05) is 26.5 Å². The van der Waals surface area contributed by atoms with Gasteiger partial charge < -0.3 is 15.4 Å². The van der Waals surface area contributed by atoms with E-state index in [4.69, 9.17) is 10.5 Å². The van der Waals surface area contributed by atoms with Gasteiger partial charge in [-0.15, -0.1) is 11.3 Å². The first-order chi connectivity index (χ1) is 9.45. The molecule has 1 unspecified atom stereocenters. The van der Waals surface area contributed by atoms with Crippen LogP contribution in [0.25, 0.3) is 10.1 Å². The van der Waals surface area contributed by atoms with E-state index >= 15 is 0 Å². The third kappa shape index (κ3) is 2.64. The van der Waals surface area contributed by atoms with Gasteiger partial charge in [0.25, 0.3) is 5.91 Å². The van der Waals surface area contributed by atoms with E-state index in [1.165, 1.54) is 11.3 Å². The van der Waals surface area contributed by atoms with Crippen molar-refractivity contribution >= 4 is 33.0 Å². The van der Waals surface area contributed by atoms with E-state index in [2.05, 4.69) is 0 Å². The van der Waals surface area contributed by atoms with Crippen LogP contribution in [-0.4, -0.2) is 37.6 Å². The molecular formula is C15H20N2O2S. The molecule has 1 heterocycles. The number of methoxy groups -OCH3 is 1. The monoisotopic (exact) mass is 292 g/mol. The first-order valence-corrected chi connectivity index (χ1v) is 7.32. The van der Waals surface area contributed by atoms with Crippen molar-refractivity contribution in [3.05, 3.63) is 28.6 Å². The third-order valence-corrected chi connectivity index (χ3v) is 4.64. The van der Waals surface area contributed by atoms with Crippen LogP contribution in [0, 0.1) is 6.92 Å². The number of thiophene rings is 1. The van der Waals surface area contributed by atoms with Gasteiger partial charge in [-0.1, -0.05) is 11.6 Å². The lowest BCUT2D eigenvalue weighted by atomic mass is 10.1. The van der Waals surface area contributed by atoms with Crippen molar-refractivity contribution < 1.29 is 9.53 Å². The van der Waals surface area contributed by atoms with Gasteiger partial charge >= 0.3 is 0 Å². The molecule has 1 amide bonds. The van der Waals surface area contributed by atoms with Crippen LogP contribution in [0.4, 0.5) is 5.69 Å². The molecular weight excluding hydrogens is 272 g/mol. The van der Waals surface area contributed by atoms with E-state index in [1.807, 2.05) is 32.0 Å². The lowest BCUT2D eigenvalue weighted by molar-refractivity contribution is 0.0639. The van der Waals surface area contributed by atoms with Crippen molar-refractivity contribution in [3.63, 3.8) is 0 Å². The minimum atomic E-state index is -0.0501. The van der Waals surface area contributed by atoms with Crippen LogP contribution in [0.3, 0.4) is 0 Å². The Morgan fingerprint density at radius 3 is 2.85 bits per heavy atom. The van der Waals surface area contributed by atoms with Crippen LogP contribution in [0.1, 0.15) is 22.2 Å². The maximum absolute atomic E-state index is 12.5. The van der Waals surface area contributed by atoms with Crippen LogP contribution in [-0.2, 0) is 4.74 Å². The Kier molecular flexibility index (Phi) is 4.30. The number of nitrogens with zero attached hydrogens (tertiary/aromatic N) is 1. The molecule has 1 aromatic carbocycles. The molecule has 1 aromatic heterocycles. The van der Waals surface area contributed by atoms with Crippen molar-refractivity contribution in [3.8, 4) is 0 Å². The molecule has 2 N–H and O–H groups in total. The number of rotatable bonds is 4. The van der Waals surface area contributed by atoms with Gasteiger partial charge in [0, 0.05) is 24.2 Å². The van der Waals surface area contributed by atoms with Gasteiger partial charge in [0.1, 0.15) is 4.88 Å². The lowest BCUT2D eigenvalue weighted by Crippen LogP contribution is -2.37. The summed E-state index contributed by atoms with van der Waals surface area (Å²) in [5, 5.41) is 0.964. The van der Waals surface area contributed by atoms with Crippen LogP contribution < -0.4 is 5.73 Å². The summed E-state index contributed by atoms with van der Waals surface area (Å²) in [6.45, 7) is 4.48. The minimum Gasteiger partial charge on any atom is -0.397 e. The van der Waals surface area contributed by atoms with Crippen molar-refractivity contribution in [2.45, 2.75) is 19.9 Å². The van der Waals surface area contributed by atoms with Gasteiger partial charge in [-0.3, -0.25) is 4.79 Å². The first-order valence-electron chi connectivity index (χ1n) is 6.50. The first kappa shape index (κ1) is 14.8. The molecule has 0 radical (unpaired) electrons. The molecule has 0 fully saturated rings. The van der Waals surface area contributed by atoms with Crippen LogP contribution in [0.2, 0.25) is 0 Å². The van der Waals surface area contributed by atoms with Gasteiger partial charge in [-0.2, -0.15) is 0 Å². The molecule has 0 bridgehead atoms. The highest BCUT2D eigenvalue weighted by molar-refractivity contribution is 7.21. The Labute approximate surface area is 123 Å². The summed E-state index contributed by atoms with van der Waals surface area (Å²) in [5.74, 6) is -0.0501. The van der Waals surface area contributed by atoms with E-state index in [-0.39, 0.29) is 11.9 Å². The van der Waals surface area contributed by atoms with Crippen LogP contribution in [0.15, 0.2) is 18.2 Å².